The standard InChI is InChI=1S/C14H13NO3S2/c16-9-7-10(12-3-1-5-19-12)14(15(17)18)11(8-9)13-4-2-6-20-13/h1-6,10-11,14H,7-8H2/t10-,11-/m1/s1. The number of nitro groups is 1. The quantitative estimate of drug-likeness (QED) is 0.642. The maximum atomic E-state index is 12.0. The van der Waals surface area contributed by atoms with Crippen molar-refractivity contribution in [3.63, 3.8) is 0 Å². The highest BCUT2D eigenvalue weighted by molar-refractivity contribution is 7.10. The average molecular weight is 307 g/mol. The number of hydrogen-bond donors (Lipinski definition) is 0. The van der Waals surface area contributed by atoms with Gasteiger partial charge in [-0.05, 0) is 22.9 Å². The molecule has 1 fully saturated rings. The molecule has 2 aromatic heterocycles. The van der Waals surface area contributed by atoms with E-state index in [9.17, 15) is 14.9 Å². The van der Waals surface area contributed by atoms with E-state index in [-0.39, 0.29) is 35.4 Å². The van der Waals surface area contributed by atoms with Crippen LogP contribution in [-0.4, -0.2) is 16.7 Å². The normalized spacial score (nSPS) is 23.9. The van der Waals surface area contributed by atoms with Gasteiger partial charge in [0.05, 0.1) is 11.8 Å². The third-order valence-electron chi connectivity index (χ3n) is 3.78. The monoisotopic (exact) mass is 307 g/mol. The second-order valence-corrected chi connectivity index (χ2v) is 6.93. The van der Waals surface area contributed by atoms with Crippen LogP contribution in [0.5, 0.6) is 0 Å². The summed E-state index contributed by atoms with van der Waals surface area (Å²) in [7, 11) is 0. The second kappa shape index (κ2) is 5.46. The first-order valence-electron chi connectivity index (χ1n) is 6.39. The molecule has 0 bridgehead atoms. The Morgan fingerprint density at radius 1 is 1.05 bits per heavy atom. The predicted octanol–water partition coefficient (Wildman–Crippen LogP) is 3.69. The molecule has 20 heavy (non-hydrogen) atoms. The van der Waals surface area contributed by atoms with Crippen molar-refractivity contribution in [2.45, 2.75) is 30.7 Å². The Hall–Kier alpha value is -1.53. The highest BCUT2D eigenvalue weighted by Gasteiger charge is 2.47. The summed E-state index contributed by atoms with van der Waals surface area (Å²) in [5.74, 6) is -0.461. The molecule has 2 atom stereocenters. The van der Waals surface area contributed by atoms with E-state index < -0.39 is 6.04 Å². The Morgan fingerprint density at radius 3 is 1.90 bits per heavy atom. The van der Waals surface area contributed by atoms with E-state index in [1.807, 2.05) is 35.0 Å². The maximum absolute atomic E-state index is 12.0. The first kappa shape index (κ1) is 13.5. The van der Waals surface area contributed by atoms with Gasteiger partial charge in [-0.2, -0.15) is 0 Å². The number of thiophene rings is 2. The minimum absolute atomic E-state index is 0.125. The van der Waals surface area contributed by atoms with Gasteiger partial charge in [0.1, 0.15) is 5.78 Å². The van der Waals surface area contributed by atoms with E-state index in [0.717, 1.165) is 9.75 Å². The van der Waals surface area contributed by atoms with Crippen molar-refractivity contribution in [2.75, 3.05) is 0 Å². The van der Waals surface area contributed by atoms with Gasteiger partial charge in [0.2, 0.25) is 6.04 Å². The van der Waals surface area contributed by atoms with Crippen molar-refractivity contribution in [3.8, 4) is 0 Å². The summed E-state index contributed by atoms with van der Waals surface area (Å²) in [5.41, 5.74) is 0. The molecule has 1 saturated carbocycles. The van der Waals surface area contributed by atoms with E-state index in [2.05, 4.69) is 0 Å². The molecular weight excluding hydrogens is 294 g/mol. The van der Waals surface area contributed by atoms with Crippen molar-refractivity contribution < 1.29 is 9.72 Å². The zero-order valence-electron chi connectivity index (χ0n) is 10.6. The number of nitrogens with zero attached hydrogens (tertiary/aromatic N) is 1. The molecule has 2 heterocycles. The Kier molecular flexibility index (Phi) is 3.67. The van der Waals surface area contributed by atoms with E-state index in [1.165, 1.54) is 22.7 Å². The van der Waals surface area contributed by atoms with Gasteiger partial charge in [-0.25, -0.2) is 0 Å². The van der Waals surface area contributed by atoms with Gasteiger partial charge in [-0.15, -0.1) is 22.7 Å². The first-order valence-corrected chi connectivity index (χ1v) is 8.14. The van der Waals surface area contributed by atoms with Crippen LogP contribution >= 0.6 is 22.7 Å². The van der Waals surface area contributed by atoms with Crippen molar-refractivity contribution in [1.29, 1.82) is 0 Å². The summed E-state index contributed by atoms with van der Waals surface area (Å²) in [4.78, 5) is 25.3. The Bertz CT molecular complexity index is 560. The molecular formula is C14H13NO3S2. The Balaban J connectivity index is 2.01. The van der Waals surface area contributed by atoms with Crippen LogP contribution in [0.25, 0.3) is 0 Å². The molecule has 104 valence electrons. The highest BCUT2D eigenvalue weighted by Crippen LogP contribution is 2.43. The third kappa shape index (κ3) is 2.41. The van der Waals surface area contributed by atoms with E-state index in [4.69, 9.17) is 0 Å². The third-order valence-corrected chi connectivity index (χ3v) is 5.79. The van der Waals surface area contributed by atoms with E-state index >= 15 is 0 Å². The summed E-state index contributed by atoms with van der Waals surface area (Å²) in [6.45, 7) is 0. The van der Waals surface area contributed by atoms with Crippen LogP contribution in [0, 0.1) is 10.1 Å². The van der Waals surface area contributed by atoms with Crippen LogP contribution in [0.1, 0.15) is 34.4 Å². The van der Waals surface area contributed by atoms with Gasteiger partial charge >= 0.3 is 0 Å². The maximum Gasteiger partial charge on any atom is 0.229 e. The van der Waals surface area contributed by atoms with Crippen LogP contribution in [-0.2, 0) is 4.79 Å². The van der Waals surface area contributed by atoms with Crippen LogP contribution in [0.2, 0.25) is 0 Å². The minimum atomic E-state index is -0.704. The minimum Gasteiger partial charge on any atom is -0.300 e. The fraction of sp³-hybridized carbons (Fsp3) is 0.357. The molecule has 6 heteroatoms. The largest absolute Gasteiger partial charge is 0.300 e. The van der Waals surface area contributed by atoms with Gasteiger partial charge in [-0.3, -0.25) is 14.9 Å². The fourth-order valence-corrected chi connectivity index (χ4v) is 4.67. The number of hydrogen-bond acceptors (Lipinski definition) is 5. The molecule has 0 N–H and O–H groups in total. The van der Waals surface area contributed by atoms with Crippen LogP contribution in [0.15, 0.2) is 35.0 Å². The van der Waals surface area contributed by atoms with E-state index in [1.54, 1.807) is 0 Å². The van der Waals surface area contributed by atoms with Crippen LogP contribution < -0.4 is 0 Å². The smallest absolute Gasteiger partial charge is 0.229 e. The number of Topliss-reactive ketones (excluding diaryl/α,β-unsaturated/α-hetero) is 1. The zero-order chi connectivity index (χ0) is 14.1. The molecule has 0 amide bonds. The molecule has 4 nitrogen and oxygen atoms in total. The molecule has 1 aliphatic carbocycles. The van der Waals surface area contributed by atoms with Gasteiger partial charge < -0.3 is 0 Å². The van der Waals surface area contributed by atoms with Gasteiger partial charge in [0.15, 0.2) is 0 Å². The number of carbonyl (C=O) groups is 1. The Labute approximate surface area is 124 Å². The number of ketones is 1. The summed E-state index contributed by atoms with van der Waals surface area (Å²) < 4.78 is 0. The van der Waals surface area contributed by atoms with Crippen molar-refractivity contribution in [2.24, 2.45) is 0 Å². The lowest BCUT2D eigenvalue weighted by Crippen LogP contribution is -2.39. The molecule has 3 rings (SSSR count). The number of rotatable bonds is 3. The van der Waals surface area contributed by atoms with Gasteiger partial charge in [0, 0.05) is 27.5 Å². The Morgan fingerprint density at radius 2 is 1.55 bits per heavy atom. The lowest BCUT2D eigenvalue weighted by molar-refractivity contribution is -0.532. The van der Waals surface area contributed by atoms with Crippen molar-refractivity contribution >= 4 is 28.5 Å². The summed E-state index contributed by atoms with van der Waals surface area (Å²) >= 11 is 3.00. The topological polar surface area (TPSA) is 60.2 Å². The molecule has 0 aromatic carbocycles. The molecule has 0 aliphatic heterocycles. The summed E-state index contributed by atoms with van der Waals surface area (Å²) in [5, 5.41) is 15.4. The first-order chi connectivity index (χ1) is 9.66. The van der Waals surface area contributed by atoms with Crippen molar-refractivity contribution in [1.82, 2.24) is 0 Å². The lowest BCUT2D eigenvalue weighted by Gasteiger charge is -2.30. The summed E-state index contributed by atoms with van der Waals surface area (Å²) in [6.07, 6.45) is 0.571. The van der Waals surface area contributed by atoms with Crippen molar-refractivity contribution in [3.05, 3.63) is 54.9 Å². The summed E-state index contributed by atoms with van der Waals surface area (Å²) in [6, 6.07) is 6.86. The predicted molar refractivity (Wildman–Crippen MR) is 79.1 cm³/mol. The van der Waals surface area contributed by atoms with Crippen LogP contribution in [0.3, 0.4) is 0 Å². The highest BCUT2D eigenvalue weighted by atomic mass is 32.1. The molecule has 0 unspecified atom stereocenters. The SMILES string of the molecule is O=C1C[C@H](c2cccs2)C([N+](=O)[O-])[C@@H](c2cccs2)C1. The van der Waals surface area contributed by atoms with Gasteiger partial charge in [0.25, 0.3) is 0 Å². The zero-order valence-corrected chi connectivity index (χ0v) is 12.2. The second-order valence-electron chi connectivity index (χ2n) is 4.97. The van der Waals surface area contributed by atoms with Crippen LogP contribution in [0.4, 0.5) is 0 Å². The molecule has 0 radical (unpaired) electrons. The number of carbonyl (C=O) groups excluding carboxylic acids is 1. The fourth-order valence-electron chi connectivity index (χ4n) is 2.93. The molecule has 0 spiro atoms. The van der Waals surface area contributed by atoms with Gasteiger partial charge in [-0.1, -0.05) is 12.1 Å². The molecule has 2 aromatic rings. The molecule has 0 saturated heterocycles. The lowest BCUT2D eigenvalue weighted by atomic mass is 9.75. The van der Waals surface area contributed by atoms with E-state index in [0.29, 0.717) is 0 Å². The molecule has 1 aliphatic rings. The average Bonchev–Trinajstić information content (AvgIpc) is 3.11.